The Labute approximate surface area is 272 Å². The number of fused-ring (bicyclic) bond motifs is 2. The standard InChI is InChI=1S/C34H34N4O6S2/c1-2-44-34(41)36-32(40)30-27-18-20-37(21-23-9-4-3-5-10-23)22-29(27)45-33(30)35-31(39)25-14-16-26(17-15-25)46(42,43)38-19-8-12-24-11-6-7-13-28(24)38/h3-7,9-11,13-17H,2,8,12,18-22H2,1H3,(H,35,39)(H,36,40,41). The first-order valence-corrected chi connectivity index (χ1v) is 17.4. The monoisotopic (exact) mass is 658 g/mol. The highest BCUT2D eigenvalue weighted by molar-refractivity contribution is 7.92. The summed E-state index contributed by atoms with van der Waals surface area (Å²) in [5.41, 5.74) is 4.09. The molecule has 238 valence electrons. The molecule has 4 aromatic rings. The maximum Gasteiger partial charge on any atom is 0.414 e. The van der Waals surface area contributed by atoms with Crippen LogP contribution in [-0.4, -0.2) is 50.9 Å². The van der Waals surface area contributed by atoms with Gasteiger partial charge in [-0.25, -0.2) is 13.2 Å². The highest BCUT2D eigenvalue weighted by Crippen LogP contribution is 2.38. The molecular weight excluding hydrogens is 625 g/mol. The van der Waals surface area contributed by atoms with E-state index in [9.17, 15) is 22.8 Å². The van der Waals surface area contributed by atoms with Gasteiger partial charge in [-0.15, -0.1) is 11.3 Å². The van der Waals surface area contributed by atoms with Crippen LogP contribution in [-0.2, 0) is 40.7 Å². The Hall–Kier alpha value is -4.52. The minimum absolute atomic E-state index is 0.0837. The van der Waals surface area contributed by atoms with Crippen LogP contribution in [0.1, 0.15) is 55.6 Å². The topological polar surface area (TPSA) is 125 Å². The Morgan fingerprint density at radius 2 is 1.63 bits per heavy atom. The maximum absolute atomic E-state index is 13.6. The zero-order valence-corrected chi connectivity index (χ0v) is 27.0. The molecule has 0 spiro atoms. The molecule has 3 amide bonds. The number of carbonyl (C=O) groups is 3. The van der Waals surface area contributed by atoms with E-state index in [1.807, 2.05) is 42.5 Å². The summed E-state index contributed by atoms with van der Waals surface area (Å²) >= 11 is 1.30. The number of aryl methyl sites for hydroxylation is 1. The molecule has 6 rings (SSSR count). The first kappa shape index (κ1) is 31.5. The fraction of sp³-hybridized carbons (Fsp3) is 0.265. The summed E-state index contributed by atoms with van der Waals surface area (Å²) in [6.45, 7) is 4.15. The third-order valence-electron chi connectivity index (χ3n) is 8.10. The molecule has 0 atom stereocenters. The smallest absolute Gasteiger partial charge is 0.414 e. The van der Waals surface area contributed by atoms with Gasteiger partial charge < -0.3 is 10.1 Å². The number of carbonyl (C=O) groups excluding carboxylic acids is 3. The molecule has 0 bridgehead atoms. The SMILES string of the molecule is CCOC(=O)NC(=O)c1c(NC(=O)c2ccc(S(=O)(=O)N3CCCc4ccccc43)cc2)sc2c1CCN(Cc1ccccc1)C2. The molecule has 0 unspecified atom stereocenters. The van der Waals surface area contributed by atoms with E-state index >= 15 is 0 Å². The van der Waals surface area contributed by atoms with Crippen LogP contribution in [0.15, 0.2) is 83.8 Å². The molecule has 0 radical (unpaired) electrons. The summed E-state index contributed by atoms with van der Waals surface area (Å²) in [5, 5.41) is 5.45. The number of anilines is 2. The predicted octanol–water partition coefficient (Wildman–Crippen LogP) is 5.59. The van der Waals surface area contributed by atoms with E-state index in [-0.39, 0.29) is 22.6 Å². The van der Waals surface area contributed by atoms with Crippen molar-refractivity contribution < 1.29 is 27.5 Å². The summed E-state index contributed by atoms with van der Waals surface area (Å²) in [4.78, 5) is 42.2. The van der Waals surface area contributed by atoms with Crippen LogP contribution in [0, 0.1) is 0 Å². The normalized spacial score (nSPS) is 14.6. The number of hydrogen-bond donors (Lipinski definition) is 2. The lowest BCUT2D eigenvalue weighted by Gasteiger charge is -2.30. The van der Waals surface area contributed by atoms with Crippen LogP contribution >= 0.6 is 11.3 Å². The van der Waals surface area contributed by atoms with E-state index in [1.54, 1.807) is 6.92 Å². The number of sulfonamides is 1. The van der Waals surface area contributed by atoms with Gasteiger partial charge >= 0.3 is 6.09 Å². The Morgan fingerprint density at radius 3 is 2.39 bits per heavy atom. The quantitative estimate of drug-likeness (QED) is 0.253. The van der Waals surface area contributed by atoms with E-state index in [4.69, 9.17) is 4.74 Å². The van der Waals surface area contributed by atoms with Crippen molar-refractivity contribution in [1.29, 1.82) is 0 Å². The van der Waals surface area contributed by atoms with Crippen LogP contribution in [0.4, 0.5) is 15.5 Å². The molecule has 12 heteroatoms. The molecule has 3 heterocycles. The molecule has 0 aliphatic carbocycles. The second-order valence-corrected chi connectivity index (χ2v) is 14.1. The molecule has 2 aliphatic heterocycles. The number of ether oxygens (including phenoxy) is 1. The summed E-state index contributed by atoms with van der Waals surface area (Å²) in [5.74, 6) is -1.15. The van der Waals surface area contributed by atoms with Gasteiger partial charge in [0.15, 0.2) is 0 Å². The molecular formula is C34H34N4O6S2. The van der Waals surface area contributed by atoms with Crippen LogP contribution in [0.3, 0.4) is 0 Å². The van der Waals surface area contributed by atoms with Crippen molar-refractivity contribution in [2.45, 2.75) is 44.2 Å². The van der Waals surface area contributed by atoms with E-state index in [1.165, 1.54) is 45.5 Å². The van der Waals surface area contributed by atoms with Gasteiger partial charge in [0, 0.05) is 36.6 Å². The van der Waals surface area contributed by atoms with E-state index in [0.29, 0.717) is 36.7 Å². The van der Waals surface area contributed by atoms with E-state index < -0.39 is 27.9 Å². The number of alkyl carbamates (subject to hydrolysis) is 1. The van der Waals surface area contributed by atoms with Gasteiger partial charge in [0.2, 0.25) is 0 Å². The third kappa shape index (κ3) is 6.55. The van der Waals surface area contributed by atoms with E-state index in [2.05, 4.69) is 27.7 Å². The first-order chi connectivity index (χ1) is 22.2. The fourth-order valence-corrected chi connectivity index (χ4v) is 8.74. The second-order valence-electron chi connectivity index (χ2n) is 11.1. The molecule has 0 saturated heterocycles. The zero-order chi connectivity index (χ0) is 32.3. The fourth-order valence-electron chi connectivity index (χ4n) is 5.91. The van der Waals surface area contributed by atoms with Crippen molar-refractivity contribution in [3.63, 3.8) is 0 Å². The minimum Gasteiger partial charge on any atom is -0.450 e. The van der Waals surface area contributed by atoms with Crippen molar-refractivity contribution in [2.24, 2.45) is 0 Å². The number of nitrogens with zero attached hydrogens (tertiary/aromatic N) is 2. The van der Waals surface area contributed by atoms with Crippen molar-refractivity contribution in [3.05, 3.63) is 112 Å². The average molecular weight is 659 g/mol. The Morgan fingerprint density at radius 1 is 0.891 bits per heavy atom. The number of rotatable bonds is 8. The molecule has 0 saturated carbocycles. The summed E-state index contributed by atoms with van der Waals surface area (Å²) < 4.78 is 33.5. The lowest BCUT2D eigenvalue weighted by molar-refractivity contribution is 0.0924. The molecule has 10 nitrogen and oxygen atoms in total. The largest absolute Gasteiger partial charge is 0.450 e. The molecule has 3 aromatic carbocycles. The molecule has 0 fully saturated rings. The van der Waals surface area contributed by atoms with E-state index in [0.717, 1.165) is 35.4 Å². The maximum atomic E-state index is 13.6. The zero-order valence-electron chi connectivity index (χ0n) is 25.3. The Bertz CT molecular complexity index is 1870. The number of amides is 3. The first-order valence-electron chi connectivity index (χ1n) is 15.2. The van der Waals surface area contributed by atoms with Crippen molar-refractivity contribution in [3.8, 4) is 0 Å². The number of para-hydroxylation sites is 1. The summed E-state index contributed by atoms with van der Waals surface area (Å²) in [6, 6.07) is 23.4. The molecule has 2 N–H and O–H groups in total. The van der Waals surface area contributed by atoms with Crippen molar-refractivity contribution in [2.75, 3.05) is 29.3 Å². The van der Waals surface area contributed by atoms with Crippen LogP contribution in [0.5, 0.6) is 0 Å². The summed E-state index contributed by atoms with van der Waals surface area (Å²) in [7, 11) is -3.84. The molecule has 1 aromatic heterocycles. The average Bonchev–Trinajstić information content (AvgIpc) is 3.42. The second kappa shape index (κ2) is 13.5. The number of thiophene rings is 1. The highest BCUT2D eigenvalue weighted by atomic mass is 32.2. The van der Waals surface area contributed by atoms with Crippen molar-refractivity contribution in [1.82, 2.24) is 10.2 Å². The van der Waals surface area contributed by atoms with Gasteiger partial charge in [-0.3, -0.25) is 24.1 Å². The lowest BCUT2D eigenvalue weighted by atomic mass is 10.0. The number of nitrogens with one attached hydrogen (secondary N) is 2. The predicted molar refractivity (Wildman–Crippen MR) is 177 cm³/mol. The molecule has 46 heavy (non-hydrogen) atoms. The Balaban J connectivity index is 1.23. The third-order valence-corrected chi connectivity index (χ3v) is 11.1. The number of benzene rings is 3. The van der Waals surface area contributed by atoms with Crippen molar-refractivity contribution >= 4 is 50.0 Å². The van der Waals surface area contributed by atoms with Crippen LogP contribution in [0.2, 0.25) is 0 Å². The van der Waals surface area contributed by atoms with Gasteiger partial charge in [-0.1, -0.05) is 48.5 Å². The lowest BCUT2D eigenvalue weighted by Crippen LogP contribution is -2.35. The minimum atomic E-state index is -3.84. The Kier molecular flexibility index (Phi) is 9.20. The van der Waals surface area contributed by atoms with Gasteiger partial charge in [-0.05, 0) is 73.2 Å². The number of hydrogen-bond acceptors (Lipinski definition) is 8. The number of imide groups is 1. The van der Waals surface area contributed by atoms with Gasteiger partial charge in [0.05, 0.1) is 22.8 Å². The van der Waals surface area contributed by atoms with Crippen LogP contribution in [0.25, 0.3) is 0 Å². The van der Waals surface area contributed by atoms with Gasteiger partial charge in [0.25, 0.3) is 21.8 Å². The molecule has 2 aliphatic rings. The van der Waals surface area contributed by atoms with Gasteiger partial charge in [-0.2, -0.15) is 0 Å². The van der Waals surface area contributed by atoms with Gasteiger partial charge in [0.1, 0.15) is 5.00 Å². The van der Waals surface area contributed by atoms with Crippen LogP contribution < -0.4 is 14.9 Å². The summed E-state index contributed by atoms with van der Waals surface area (Å²) in [6.07, 6.45) is 1.24. The highest BCUT2D eigenvalue weighted by Gasteiger charge is 2.31.